The van der Waals surface area contributed by atoms with Gasteiger partial charge < -0.3 is 5.32 Å². The van der Waals surface area contributed by atoms with Gasteiger partial charge >= 0.3 is 0 Å². The van der Waals surface area contributed by atoms with Crippen molar-refractivity contribution in [2.45, 2.75) is 6.04 Å². The summed E-state index contributed by atoms with van der Waals surface area (Å²) in [6.45, 7) is 0. The summed E-state index contributed by atoms with van der Waals surface area (Å²) in [5.41, 5.74) is 2.10. The second-order valence-corrected chi connectivity index (χ2v) is 5.37. The van der Waals surface area contributed by atoms with Gasteiger partial charge in [-0.3, -0.25) is 0 Å². The van der Waals surface area contributed by atoms with Gasteiger partial charge in [0, 0.05) is 0 Å². The highest BCUT2D eigenvalue weighted by atomic mass is 35.5. The van der Waals surface area contributed by atoms with Crippen LogP contribution in [0.25, 0.3) is 10.8 Å². The quantitative estimate of drug-likeness (QED) is 0.722. The molecule has 3 aromatic carbocycles. The minimum Gasteiger partial charge on any atom is -0.309 e. The molecule has 1 nitrogen and oxygen atoms in total. The number of nitrogens with one attached hydrogen (secondary N) is 1. The van der Waals surface area contributed by atoms with E-state index in [1.165, 1.54) is 16.8 Å². The number of rotatable bonds is 3. The molecule has 0 amide bonds. The summed E-state index contributed by atoms with van der Waals surface area (Å²) in [5.74, 6) is -0.395. The highest BCUT2D eigenvalue weighted by molar-refractivity contribution is 6.30. The molecule has 3 rings (SSSR count). The molecule has 0 aliphatic rings. The summed E-state index contributed by atoms with van der Waals surface area (Å²) < 4.78 is 13.4. The third-order valence-electron chi connectivity index (χ3n) is 3.70. The number of fused-ring (bicyclic) bond motifs is 1. The van der Waals surface area contributed by atoms with E-state index in [0.717, 1.165) is 11.1 Å². The second kappa shape index (κ2) is 5.84. The predicted molar refractivity (Wildman–Crippen MR) is 86.3 cm³/mol. The predicted octanol–water partition coefficient (Wildman–Crippen LogP) is 4.94. The first-order chi connectivity index (χ1) is 10.2. The van der Waals surface area contributed by atoms with Crippen molar-refractivity contribution < 1.29 is 4.39 Å². The van der Waals surface area contributed by atoms with Crippen LogP contribution < -0.4 is 5.32 Å². The first-order valence-electron chi connectivity index (χ1n) is 6.80. The van der Waals surface area contributed by atoms with Crippen molar-refractivity contribution in [2.24, 2.45) is 0 Å². The van der Waals surface area contributed by atoms with Crippen LogP contribution >= 0.6 is 11.6 Å². The van der Waals surface area contributed by atoms with Crippen LogP contribution in [0.3, 0.4) is 0 Å². The van der Waals surface area contributed by atoms with Crippen molar-refractivity contribution in [3.8, 4) is 0 Å². The Balaban J connectivity index is 2.16. The van der Waals surface area contributed by atoms with Gasteiger partial charge in [-0.25, -0.2) is 4.39 Å². The Hall–Kier alpha value is -1.90. The minimum atomic E-state index is -0.395. The molecule has 0 saturated carbocycles. The minimum absolute atomic E-state index is 0.0331. The molecule has 0 aliphatic heterocycles. The van der Waals surface area contributed by atoms with E-state index in [4.69, 9.17) is 11.6 Å². The molecule has 106 valence electrons. The molecule has 3 aromatic rings. The van der Waals surface area contributed by atoms with Crippen molar-refractivity contribution >= 4 is 22.4 Å². The fourth-order valence-electron chi connectivity index (χ4n) is 2.70. The van der Waals surface area contributed by atoms with Gasteiger partial charge in [0.05, 0.1) is 11.1 Å². The lowest BCUT2D eigenvalue weighted by atomic mass is 9.94. The molecule has 0 heterocycles. The van der Waals surface area contributed by atoms with Crippen molar-refractivity contribution in [2.75, 3.05) is 7.05 Å². The van der Waals surface area contributed by atoms with E-state index in [-0.39, 0.29) is 11.1 Å². The van der Waals surface area contributed by atoms with Crippen LogP contribution in [0.5, 0.6) is 0 Å². The van der Waals surface area contributed by atoms with Crippen LogP contribution in [0.15, 0.2) is 60.7 Å². The zero-order chi connectivity index (χ0) is 14.8. The van der Waals surface area contributed by atoms with E-state index < -0.39 is 5.82 Å². The molecule has 0 spiro atoms. The van der Waals surface area contributed by atoms with E-state index in [1.807, 2.05) is 25.2 Å². The first-order valence-corrected chi connectivity index (χ1v) is 7.18. The van der Waals surface area contributed by atoms with Crippen LogP contribution in [-0.2, 0) is 0 Å². The van der Waals surface area contributed by atoms with Gasteiger partial charge in [0.2, 0.25) is 0 Å². The Bertz CT molecular complexity index is 780. The van der Waals surface area contributed by atoms with E-state index in [0.29, 0.717) is 0 Å². The average molecular weight is 300 g/mol. The van der Waals surface area contributed by atoms with Gasteiger partial charge in [-0.1, -0.05) is 60.1 Å². The van der Waals surface area contributed by atoms with Crippen LogP contribution in [0.4, 0.5) is 4.39 Å². The smallest absolute Gasteiger partial charge is 0.141 e. The number of hydrogen-bond donors (Lipinski definition) is 1. The number of benzene rings is 3. The Labute approximate surface area is 128 Å². The molecular formula is C18H15ClFN. The molecule has 0 aromatic heterocycles. The van der Waals surface area contributed by atoms with Crippen LogP contribution in [0, 0.1) is 5.82 Å². The van der Waals surface area contributed by atoms with E-state index in [1.54, 1.807) is 12.1 Å². The monoisotopic (exact) mass is 299 g/mol. The van der Waals surface area contributed by atoms with Crippen LogP contribution in [-0.4, -0.2) is 7.05 Å². The summed E-state index contributed by atoms with van der Waals surface area (Å²) in [4.78, 5) is 0. The fraction of sp³-hybridized carbons (Fsp3) is 0.111. The average Bonchev–Trinajstić information content (AvgIpc) is 2.52. The van der Waals surface area contributed by atoms with Crippen molar-refractivity contribution in [1.29, 1.82) is 0 Å². The largest absolute Gasteiger partial charge is 0.309 e. The maximum Gasteiger partial charge on any atom is 0.141 e. The molecule has 0 radical (unpaired) electrons. The SMILES string of the molecule is CNC(c1ccc(F)c(Cl)c1)c1cccc2ccccc12. The molecular weight excluding hydrogens is 285 g/mol. The Kier molecular flexibility index (Phi) is 3.91. The summed E-state index contributed by atoms with van der Waals surface area (Å²) in [6.07, 6.45) is 0. The Morgan fingerprint density at radius 3 is 2.52 bits per heavy atom. The van der Waals surface area contributed by atoms with E-state index in [2.05, 4.69) is 29.6 Å². The third kappa shape index (κ3) is 2.65. The van der Waals surface area contributed by atoms with Gasteiger partial charge in [-0.05, 0) is 41.1 Å². The molecule has 0 saturated heterocycles. The van der Waals surface area contributed by atoms with E-state index in [9.17, 15) is 4.39 Å². The van der Waals surface area contributed by atoms with Gasteiger partial charge in [0.15, 0.2) is 0 Å². The highest BCUT2D eigenvalue weighted by Crippen LogP contribution is 2.30. The second-order valence-electron chi connectivity index (χ2n) is 4.96. The number of hydrogen-bond acceptors (Lipinski definition) is 1. The highest BCUT2D eigenvalue weighted by Gasteiger charge is 2.15. The summed E-state index contributed by atoms with van der Waals surface area (Å²) in [7, 11) is 1.89. The molecule has 1 atom stereocenters. The molecule has 0 aliphatic carbocycles. The summed E-state index contributed by atoms with van der Waals surface area (Å²) >= 11 is 5.92. The van der Waals surface area contributed by atoms with Gasteiger partial charge in [-0.15, -0.1) is 0 Å². The molecule has 0 fully saturated rings. The maximum atomic E-state index is 13.4. The lowest BCUT2D eigenvalue weighted by Gasteiger charge is -2.19. The topological polar surface area (TPSA) is 12.0 Å². The zero-order valence-corrected chi connectivity index (χ0v) is 12.4. The fourth-order valence-corrected chi connectivity index (χ4v) is 2.88. The van der Waals surface area contributed by atoms with Crippen molar-refractivity contribution in [3.63, 3.8) is 0 Å². The maximum absolute atomic E-state index is 13.4. The molecule has 3 heteroatoms. The zero-order valence-electron chi connectivity index (χ0n) is 11.6. The lowest BCUT2D eigenvalue weighted by molar-refractivity contribution is 0.624. The first kappa shape index (κ1) is 14.1. The van der Waals surface area contributed by atoms with E-state index >= 15 is 0 Å². The molecule has 0 bridgehead atoms. The van der Waals surface area contributed by atoms with Gasteiger partial charge in [-0.2, -0.15) is 0 Å². The Morgan fingerprint density at radius 1 is 1.00 bits per heavy atom. The molecule has 1 unspecified atom stereocenters. The Morgan fingerprint density at radius 2 is 1.76 bits per heavy atom. The molecule has 1 N–H and O–H groups in total. The standard InChI is InChI=1S/C18H15ClFN/c1-21-18(13-9-10-17(20)16(19)11-13)15-8-4-6-12-5-2-3-7-14(12)15/h2-11,18,21H,1H3. The van der Waals surface area contributed by atoms with Crippen molar-refractivity contribution in [1.82, 2.24) is 5.32 Å². The van der Waals surface area contributed by atoms with Crippen LogP contribution in [0.1, 0.15) is 17.2 Å². The summed E-state index contributed by atoms with van der Waals surface area (Å²) in [5, 5.41) is 5.80. The normalized spacial score (nSPS) is 12.5. The molecule has 21 heavy (non-hydrogen) atoms. The van der Waals surface area contributed by atoms with Crippen LogP contribution in [0.2, 0.25) is 5.02 Å². The third-order valence-corrected chi connectivity index (χ3v) is 3.99. The lowest BCUT2D eigenvalue weighted by Crippen LogP contribution is -2.18. The van der Waals surface area contributed by atoms with Crippen molar-refractivity contribution in [3.05, 3.63) is 82.6 Å². The van der Waals surface area contributed by atoms with Gasteiger partial charge in [0.25, 0.3) is 0 Å². The van der Waals surface area contributed by atoms with Gasteiger partial charge in [0.1, 0.15) is 5.82 Å². The summed E-state index contributed by atoms with van der Waals surface area (Å²) in [6, 6.07) is 19.3. The number of halogens is 2.